The molecule has 1 aromatic carbocycles. The molecule has 0 saturated heterocycles. The van der Waals surface area contributed by atoms with Gasteiger partial charge < -0.3 is 10.6 Å². The fourth-order valence-corrected chi connectivity index (χ4v) is 2.34. The van der Waals surface area contributed by atoms with E-state index in [9.17, 15) is 9.59 Å². The number of anilines is 1. The van der Waals surface area contributed by atoms with E-state index in [2.05, 4.69) is 29.6 Å². The highest BCUT2D eigenvalue weighted by atomic mass is 16.2. The minimum Gasteiger partial charge on any atom is -0.380 e. The Morgan fingerprint density at radius 1 is 1.26 bits per heavy atom. The summed E-state index contributed by atoms with van der Waals surface area (Å²) >= 11 is 0. The first kappa shape index (κ1) is 17.0. The minimum atomic E-state index is -0.204. The van der Waals surface area contributed by atoms with Crippen molar-refractivity contribution >= 4 is 23.2 Å². The Morgan fingerprint density at radius 2 is 1.96 bits per heavy atom. The first-order valence-corrected chi connectivity index (χ1v) is 7.91. The Balaban J connectivity index is 1.92. The Bertz CT molecular complexity index is 584. The van der Waals surface area contributed by atoms with Gasteiger partial charge in [0.15, 0.2) is 0 Å². The van der Waals surface area contributed by atoms with E-state index in [0.717, 1.165) is 5.69 Å². The molecule has 0 spiro atoms. The van der Waals surface area contributed by atoms with Gasteiger partial charge >= 0.3 is 0 Å². The summed E-state index contributed by atoms with van der Waals surface area (Å²) in [5.74, 6) is 0.0882. The van der Waals surface area contributed by atoms with Gasteiger partial charge in [0.25, 0.3) is 5.91 Å². The molecule has 6 heteroatoms. The van der Waals surface area contributed by atoms with Crippen LogP contribution in [0.3, 0.4) is 0 Å². The van der Waals surface area contributed by atoms with Gasteiger partial charge in [-0.25, -0.2) is 5.01 Å². The zero-order valence-corrected chi connectivity index (χ0v) is 13.9. The molecule has 1 atom stereocenters. The fourth-order valence-electron chi connectivity index (χ4n) is 2.34. The molecule has 0 radical (unpaired) electrons. The van der Waals surface area contributed by atoms with Crippen molar-refractivity contribution in [1.29, 1.82) is 0 Å². The van der Waals surface area contributed by atoms with Crippen LogP contribution in [0, 0.1) is 5.92 Å². The van der Waals surface area contributed by atoms with Crippen molar-refractivity contribution in [2.75, 3.05) is 18.9 Å². The van der Waals surface area contributed by atoms with Gasteiger partial charge in [0.05, 0.1) is 0 Å². The van der Waals surface area contributed by atoms with Gasteiger partial charge in [-0.15, -0.1) is 0 Å². The molecule has 1 aliphatic heterocycles. The van der Waals surface area contributed by atoms with E-state index in [4.69, 9.17) is 0 Å². The Hall–Kier alpha value is -2.37. The van der Waals surface area contributed by atoms with Crippen LogP contribution in [0.4, 0.5) is 5.69 Å². The largest absolute Gasteiger partial charge is 0.380 e. The van der Waals surface area contributed by atoms with E-state index in [1.807, 2.05) is 30.3 Å². The second-order valence-electron chi connectivity index (χ2n) is 6.03. The van der Waals surface area contributed by atoms with Crippen LogP contribution in [-0.2, 0) is 9.59 Å². The molecule has 6 nitrogen and oxygen atoms in total. The predicted octanol–water partition coefficient (Wildman–Crippen LogP) is 1.85. The number of carbonyl (C=O) groups excluding carboxylic acids is 2. The summed E-state index contributed by atoms with van der Waals surface area (Å²) in [4.78, 5) is 23.6. The van der Waals surface area contributed by atoms with Crippen LogP contribution < -0.4 is 10.6 Å². The normalized spacial score (nSPS) is 16.1. The zero-order chi connectivity index (χ0) is 16.8. The molecular weight excluding hydrogens is 292 g/mol. The number of hydrogen-bond donors (Lipinski definition) is 2. The number of carbonyl (C=O) groups is 2. The number of nitrogens with one attached hydrogen (secondary N) is 2. The van der Waals surface area contributed by atoms with Crippen LogP contribution in [0.15, 0.2) is 35.4 Å². The first-order chi connectivity index (χ1) is 11.0. The van der Waals surface area contributed by atoms with Crippen molar-refractivity contribution in [2.45, 2.75) is 32.7 Å². The predicted molar refractivity (Wildman–Crippen MR) is 91.1 cm³/mol. The van der Waals surface area contributed by atoms with E-state index in [-0.39, 0.29) is 17.9 Å². The molecule has 1 aromatic rings. The Kier molecular flexibility index (Phi) is 5.73. The lowest BCUT2D eigenvalue weighted by Gasteiger charge is -2.25. The molecule has 0 aliphatic carbocycles. The van der Waals surface area contributed by atoms with Crippen LogP contribution >= 0.6 is 0 Å². The molecule has 0 bridgehead atoms. The number of rotatable bonds is 6. The van der Waals surface area contributed by atoms with E-state index in [0.29, 0.717) is 31.0 Å². The number of nitrogens with zero attached hydrogens (tertiary/aromatic N) is 2. The third kappa shape index (κ3) is 4.81. The van der Waals surface area contributed by atoms with Gasteiger partial charge in [-0.2, -0.15) is 5.10 Å². The quantitative estimate of drug-likeness (QED) is 0.841. The average Bonchev–Trinajstić information content (AvgIpc) is 2.54. The topological polar surface area (TPSA) is 73.8 Å². The Labute approximate surface area is 136 Å². The Morgan fingerprint density at radius 3 is 2.57 bits per heavy atom. The summed E-state index contributed by atoms with van der Waals surface area (Å²) in [7, 11) is 1.57. The lowest BCUT2D eigenvalue weighted by Crippen LogP contribution is -2.43. The molecular formula is C17H24N4O2. The van der Waals surface area contributed by atoms with Crippen molar-refractivity contribution in [3.8, 4) is 0 Å². The molecule has 2 rings (SSSR count). The van der Waals surface area contributed by atoms with E-state index < -0.39 is 0 Å². The fraction of sp³-hybridized carbons (Fsp3) is 0.471. The van der Waals surface area contributed by atoms with Crippen LogP contribution in [0.1, 0.15) is 26.7 Å². The highest BCUT2D eigenvalue weighted by molar-refractivity contribution is 6.39. The van der Waals surface area contributed by atoms with Gasteiger partial charge in [-0.05, 0) is 18.1 Å². The summed E-state index contributed by atoms with van der Waals surface area (Å²) in [6.45, 7) is 4.72. The van der Waals surface area contributed by atoms with E-state index in [1.165, 1.54) is 5.01 Å². The molecule has 23 heavy (non-hydrogen) atoms. The summed E-state index contributed by atoms with van der Waals surface area (Å²) in [5, 5.41) is 11.6. The maximum Gasteiger partial charge on any atom is 0.267 e. The van der Waals surface area contributed by atoms with Crippen molar-refractivity contribution in [1.82, 2.24) is 10.3 Å². The van der Waals surface area contributed by atoms with Gasteiger partial charge in [0.2, 0.25) is 5.91 Å². The summed E-state index contributed by atoms with van der Waals surface area (Å²) < 4.78 is 0. The van der Waals surface area contributed by atoms with Crippen molar-refractivity contribution in [2.24, 2.45) is 11.0 Å². The average molecular weight is 316 g/mol. The van der Waals surface area contributed by atoms with Crippen molar-refractivity contribution < 1.29 is 9.59 Å². The molecule has 0 fully saturated rings. The van der Waals surface area contributed by atoms with Gasteiger partial charge in [-0.1, -0.05) is 32.0 Å². The molecule has 0 saturated carbocycles. The summed E-state index contributed by atoms with van der Waals surface area (Å²) in [6, 6.07) is 10.0. The van der Waals surface area contributed by atoms with Gasteiger partial charge in [0.1, 0.15) is 5.71 Å². The molecule has 0 aromatic heterocycles. The summed E-state index contributed by atoms with van der Waals surface area (Å²) in [6.07, 6.45) is 0.728. The molecule has 1 unspecified atom stereocenters. The monoisotopic (exact) mass is 316 g/mol. The summed E-state index contributed by atoms with van der Waals surface area (Å²) in [5.41, 5.74) is 1.44. The number of hydrazone groups is 1. The van der Waals surface area contributed by atoms with Gasteiger partial charge in [-0.3, -0.25) is 9.59 Å². The lowest BCUT2D eigenvalue weighted by atomic mass is 10.0. The number of hydrogen-bond acceptors (Lipinski definition) is 4. The number of amides is 2. The maximum atomic E-state index is 12.2. The van der Waals surface area contributed by atoms with E-state index in [1.54, 1.807) is 7.05 Å². The number of para-hydroxylation sites is 1. The van der Waals surface area contributed by atoms with Crippen LogP contribution in [-0.4, -0.2) is 42.2 Å². The molecule has 124 valence electrons. The second kappa shape index (κ2) is 7.76. The van der Waals surface area contributed by atoms with Crippen LogP contribution in [0.25, 0.3) is 0 Å². The molecule has 2 N–H and O–H groups in total. The third-order valence-electron chi connectivity index (χ3n) is 3.88. The third-order valence-corrected chi connectivity index (χ3v) is 3.88. The standard InChI is InChI=1S/C17H24N4O2/c1-12(2)15(19-13-7-5-4-6-8-13)11-18-17(23)14-9-10-16(22)21(3)20-14/h4-8,12,15,19H,9-11H2,1-3H3,(H,18,23). The highest BCUT2D eigenvalue weighted by Gasteiger charge is 2.23. The SMILES string of the molecule is CC(C)C(CNC(=O)C1=NN(C)C(=O)CC1)Nc1ccccc1. The van der Waals surface area contributed by atoms with Gasteiger partial charge in [0, 0.05) is 38.2 Å². The lowest BCUT2D eigenvalue weighted by molar-refractivity contribution is -0.130. The van der Waals surface area contributed by atoms with Crippen LogP contribution in [0.2, 0.25) is 0 Å². The van der Waals surface area contributed by atoms with Crippen LogP contribution in [0.5, 0.6) is 0 Å². The molecule has 1 heterocycles. The first-order valence-electron chi connectivity index (χ1n) is 7.91. The second-order valence-corrected chi connectivity index (χ2v) is 6.03. The number of benzene rings is 1. The maximum absolute atomic E-state index is 12.2. The smallest absolute Gasteiger partial charge is 0.267 e. The zero-order valence-electron chi connectivity index (χ0n) is 13.9. The molecule has 2 amide bonds. The van der Waals surface area contributed by atoms with Crippen molar-refractivity contribution in [3.05, 3.63) is 30.3 Å². The van der Waals surface area contributed by atoms with E-state index >= 15 is 0 Å². The highest BCUT2D eigenvalue weighted by Crippen LogP contribution is 2.12. The molecule has 1 aliphatic rings. The van der Waals surface area contributed by atoms with Crippen molar-refractivity contribution in [3.63, 3.8) is 0 Å². The minimum absolute atomic E-state index is 0.0626.